The van der Waals surface area contributed by atoms with Gasteiger partial charge in [0.25, 0.3) is 5.91 Å². The molecule has 10 heteroatoms. The van der Waals surface area contributed by atoms with E-state index in [4.69, 9.17) is 13.9 Å². The number of rotatable bonds is 8. The maximum atomic E-state index is 13.2. The largest absolute Gasteiger partial charge is 0.444 e. The molecular formula is C28H37N3O6Si. The molecule has 0 spiro atoms. The van der Waals surface area contributed by atoms with Crippen LogP contribution in [0.25, 0.3) is 11.1 Å². The number of nitrogens with one attached hydrogen (secondary N) is 1. The highest BCUT2D eigenvalue weighted by Crippen LogP contribution is 2.36. The van der Waals surface area contributed by atoms with E-state index in [0.717, 1.165) is 17.2 Å². The van der Waals surface area contributed by atoms with E-state index >= 15 is 0 Å². The Morgan fingerprint density at radius 1 is 1.11 bits per heavy atom. The van der Waals surface area contributed by atoms with Gasteiger partial charge in [-0.1, -0.05) is 25.7 Å². The molecule has 0 saturated heterocycles. The lowest BCUT2D eigenvalue weighted by Crippen LogP contribution is -2.27. The third-order valence-corrected chi connectivity index (χ3v) is 8.11. The summed E-state index contributed by atoms with van der Waals surface area (Å²) in [5, 5.41) is 2.74. The van der Waals surface area contributed by atoms with Crippen LogP contribution in [-0.2, 0) is 22.7 Å². The molecule has 2 amide bonds. The van der Waals surface area contributed by atoms with Crippen LogP contribution in [0.2, 0.25) is 25.7 Å². The summed E-state index contributed by atoms with van der Waals surface area (Å²) >= 11 is 0. The molecule has 1 aliphatic rings. The van der Waals surface area contributed by atoms with Crippen molar-refractivity contribution in [2.45, 2.75) is 78.3 Å². The maximum absolute atomic E-state index is 13.2. The predicted molar refractivity (Wildman–Crippen MR) is 149 cm³/mol. The molecule has 204 valence electrons. The van der Waals surface area contributed by atoms with Crippen molar-refractivity contribution >= 4 is 36.9 Å². The summed E-state index contributed by atoms with van der Waals surface area (Å²) in [5.41, 5.74) is 3.35. The normalized spacial score (nSPS) is 15.7. The number of nitrogens with zero attached hydrogens (tertiary/aromatic N) is 2. The van der Waals surface area contributed by atoms with Crippen molar-refractivity contribution in [2.75, 3.05) is 11.9 Å². The third kappa shape index (κ3) is 6.36. The second-order valence-corrected chi connectivity index (χ2v) is 17.6. The maximum Gasteiger partial charge on any atom is 0.421 e. The SMILES string of the molecule is CC1c2cc(NC(=O)OC(C)(C)C)ccc2C(=O)N1Cc1ccc2c(c1)oc(=O)n2COCC[Si](C)(C)C. The lowest BCUT2D eigenvalue weighted by molar-refractivity contribution is 0.0634. The number of ether oxygens (including phenoxy) is 2. The Morgan fingerprint density at radius 2 is 1.84 bits per heavy atom. The summed E-state index contributed by atoms with van der Waals surface area (Å²) in [6, 6.07) is 11.6. The first-order chi connectivity index (χ1) is 17.7. The van der Waals surface area contributed by atoms with Crippen LogP contribution in [0.5, 0.6) is 0 Å². The molecule has 1 aromatic heterocycles. The molecule has 0 fully saturated rings. The molecule has 2 heterocycles. The van der Waals surface area contributed by atoms with Crippen LogP contribution in [0.15, 0.2) is 45.6 Å². The zero-order chi connectivity index (χ0) is 27.8. The van der Waals surface area contributed by atoms with Crippen LogP contribution in [0.3, 0.4) is 0 Å². The number of hydrogen-bond acceptors (Lipinski definition) is 6. The Labute approximate surface area is 223 Å². The van der Waals surface area contributed by atoms with Crippen LogP contribution < -0.4 is 11.1 Å². The first-order valence-corrected chi connectivity index (χ1v) is 16.6. The van der Waals surface area contributed by atoms with Crippen molar-refractivity contribution in [1.29, 1.82) is 0 Å². The zero-order valence-electron chi connectivity index (χ0n) is 23.2. The number of amides is 2. The van der Waals surface area contributed by atoms with E-state index in [2.05, 4.69) is 25.0 Å². The van der Waals surface area contributed by atoms with Crippen LogP contribution in [0.1, 0.15) is 55.2 Å². The second-order valence-electron chi connectivity index (χ2n) is 12.0. The zero-order valence-corrected chi connectivity index (χ0v) is 24.2. The Morgan fingerprint density at radius 3 is 2.53 bits per heavy atom. The fourth-order valence-electron chi connectivity index (χ4n) is 4.37. The molecule has 1 N–H and O–H groups in total. The van der Waals surface area contributed by atoms with Gasteiger partial charge in [-0.25, -0.2) is 14.2 Å². The summed E-state index contributed by atoms with van der Waals surface area (Å²) in [5.74, 6) is -0.556. The molecule has 2 aromatic carbocycles. The summed E-state index contributed by atoms with van der Waals surface area (Å²) in [7, 11) is -1.22. The number of aromatic nitrogens is 1. The molecule has 3 aromatic rings. The number of hydrogen-bond donors (Lipinski definition) is 1. The Hall–Kier alpha value is -3.37. The molecule has 0 bridgehead atoms. The predicted octanol–water partition coefficient (Wildman–Crippen LogP) is 5.97. The quantitative estimate of drug-likeness (QED) is 0.279. The monoisotopic (exact) mass is 539 g/mol. The van der Waals surface area contributed by atoms with E-state index in [1.54, 1.807) is 43.9 Å². The average molecular weight is 540 g/mol. The van der Waals surface area contributed by atoms with Crippen LogP contribution in [0.4, 0.5) is 10.5 Å². The standard InChI is InChI=1S/C28H37N3O6Si/c1-18-22-15-20(29-26(33)37-28(2,3)4)9-10-21(22)25(32)30(18)16-19-8-11-23-24(14-19)36-27(34)31(23)17-35-12-13-38(5,6)7/h8-11,14-15,18H,12-13,16-17H2,1-7H3,(H,29,33). The molecule has 0 saturated carbocycles. The highest BCUT2D eigenvalue weighted by atomic mass is 28.3. The smallest absolute Gasteiger partial charge is 0.421 e. The van der Waals surface area contributed by atoms with Gasteiger partial charge in [-0.05, 0) is 75.2 Å². The molecule has 4 rings (SSSR count). The Balaban J connectivity index is 1.46. The first kappa shape index (κ1) is 27.7. The van der Waals surface area contributed by atoms with Gasteiger partial charge in [0.05, 0.1) is 11.6 Å². The Bertz CT molecular complexity index is 1410. The van der Waals surface area contributed by atoms with Crippen LogP contribution in [-0.4, -0.2) is 41.7 Å². The highest BCUT2D eigenvalue weighted by molar-refractivity contribution is 6.76. The van der Waals surface area contributed by atoms with Gasteiger partial charge in [-0.15, -0.1) is 0 Å². The molecular weight excluding hydrogens is 502 g/mol. The van der Waals surface area contributed by atoms with Gasteiger partial charge in [0.15, 0.2) is 5.58 Å². The van der Waals surface area contributed by atoms with Gasteiger partial charge in [0.1, 0.15) is 12.3 Å². The molecule has 0 radical (unpaired) electrons. The lowest BCUT2D eigenvalue weighted by atomic mass is 10.0. The van der Waals surface area contributed by atoms with Crippen molar-refractivity contribution < 1.29 is 23.5 Å². The molecule has 1 aliphatic heterocycles. The fourth-order valence-corrected chi connectivity index (χ4v) is 5.13. The van der Waals surface area contributed by atoms with Gasteiger partial charge in [-0.3, -0.25) is 10.1 Å². The van der Waals surface area contributed by atoms with Crippen molar-refractivity contribution in [1.82, 2.24) is 9.47 Å². The molecule has 1 atom stereocenters. The molecule has 9 nitrogen and oxygen atoms in total. The van der Waals surface area contributed by atoms with Gasteiger partial charge < -0.3 is 18.8 Å². The minimum absolute atomic E-state index is 0.0914. The van der Waals surface area contributed by atoms with E-state index in [0.29, 0.717) is 35.5 Å². The number of anilines is 1. The van der Waals surface area contributed by atoms with E-state index < -0.39 is 25.5 Å². The van der Waals surface area contributed by atoms with Crippen molar-refractivity contribution in [2.24, 2.45) is 0 Å². The fraction of sp³-hybridized carbons (Fsp3) is 0.464. The van der Waals surface area contributed by atoms with Gasteiger partial charge in [0.2, 0.25) is 0 Å². The topological polar surface area (TPSA) is 103 Å². The van der Waals surface area contributed by atoms with Gasteiger partial charge in [0, 0.05) is 32.5 Å². The number of fused-ring (bicyclic) bond motifs is 2. The second kappa shape index (κ2) is 10.4. The van der Waals surface area contributed by atoms with Crippen LogP contribution in [0, 0.1) is 0 Å². The number of carbonyl (C=O) groups is 2. The third-order valence-electron chi connectivity index (χ3n) is 6.41. The van der Waals surface area contributed by atoms with E-state index in [1.807, 2.05) is 25.1 Å². The number of benzene rings is 2. The van der Waals surface area contributed by atoms with Crippen molar-refractivity contribution in [3.8, 4) is 0 Å². The van der Waals surface area contributed by atoms with E-state index in [-0.39, 0.29) is 18.7 Å². The summed E-state index contributed by atoms with van der Waals surface area (Å²) < 4.78 is 18.1. The minimum Gasteiger partial charge on any atom is -0.444 e. The number of carbonyl (C=O) groups excluding carboxylic acids is 2. The highest BCUT2D eigenvalue weighted by Gasteiger charge is 2.34. The lowest BCUT2D eigenvalue weighted by Gasteiger charge is -2.22. The summed E-state index contributed by atoms with van der Waals surface area (Å²) in [6.45, 7) is 15.3. The molecule has 1 unspecified atom stereocenters. The summed E-state index contributed by atoms with van der Waals surface area (Å²) in [6.07, 6.45) is -0.547. The van der Waals surface area contributed by atoms with Crippen LogP contribution >= 0.6 is 0 Å². The van der Waals surface area contributed by atoms with Crippen molar-refractivity contribution in [3.05, 3.63) is 63.6 Å². The molecule has 0 aliphatic carbocycles. The number of oxazole rings is 1. The van der Waals surface area contributed by atoms with E-state index in [1.165, 1.54) is 4.57 Å². The molecule has 38 heavy (non-hydrogen) atoms. The first-order valence-electron chi connectivity index (χ1n) is 12.9. The van der Waals surface area contributed by atoms with Gasteiger partial charge in [-0.2, -0.15) is 0 Å². The Kier molecular flexibility index (Phi) is 7.58. The van der Waals surface area contributed by atoms with E-state index in [9.17, 15) is 14.4 Å². The average Bonchev–Trinajstić information content (AvgIpc) is 3.22. The van der Waals surface area contributed by atoms with Crippen molar-refractivity contribution in [3.63, 3.8) is 0 Å². The summed E-state index contributed by atoms with van der Waals surface area (Å²) in [4.78, 5) is 39.6. The minimum atomic E-state index is -1.22. The van der Waals surface area contributed by atoms with Gasteiger partial charge >= 0.3 is 11.8 Å².